The minimum Gasteiger partial charge on any atom is -0.456 e. The van der Waals surface area contributed by atoms with E-state index in [1.165, 1.54) is 0 Å². The summed E-state index contributed by atoms with van der Waals surface area (Å²) in [6, 6.07) is 17.0. The normalized spacial score (nSPS) is 22.2. The van der Waals surface area contributed by atoms with Crippen molar-refractivity contribution in [1.82, 2.24) is 15.5 Å². The molecule has 0 aliphatic carbocycles. The molecule has 9 nitrogen and oxygen atoms in total. The van der Waals surface area contributed by atoms with Gasteiger partial charge in [-0.2, -0.15) is 0 Å². The lowest BCUT2D eigenvalue weighted by Gasteiger charge is -2.44. The molecule has 2 amide bonds. The van der Waals surface area contributed by atoms with E-state index in [0.29, 0.717) is 17.8 Å². The molecule has 42 heavy (non-hydrogen) atoms. The van der Waals surface area contributed by atoms with Gasteiger partial charge in [-0.05, 0) is 90.6 Å². The van der Waals surface area contributed by atoms with Gasteiger partial charge in [-0.3, -0.25) is 9.69 Å². The molecule has 0 unspecified atom stereocenters. The summed E-state index contributed by atoms with van der Waals surface area (Å²) in [5, 5.41) is 9.60. The highest BCUT2D eigenvalue weighted by atomic mass is 16.6. The third kappa shape index (κ3) is 9.03. The molecule has 228 valence electrons. The summed E-state index contributed by atoms with van der Waals surface area (Å²) in [5.74, 6) is -0.509. The van der Waals surface area contributed by atoms with Gasteiger partial charge in [0.1, 0.15) is 11.2 Å². The lowest BCUT2D eigenvalue weighted by Crippen LogP contribution is -2.58. The Morgan fingerprint density at radius 1 is 0.857 bits per heavy atom. The predicted molar refractivity (Wildman–Crippen MR) is 164 cm³/mol. The Bertz CT molecular complexity index is 1210. The van der Waals surface area contributed by atoms with E-state index in [2.05, 4.69) is 33.0 Å². The first kappa shape index (κ1) is 31.5. The Morgan fingerprint density at radius 2 is 1.48 bits per heavy atom. The molecule has 3 N–H and O–H groups in total. The lowest BCUT2D eigenvalue weighted by molar-refractivity contribution is -0.119. The summed E-state index contributed by atoms with van der Waals surface area (Å²) >= 11 is 0. The molecule has 2 aromatic carbocycles. The number of nitrogens with one attached hydrogen (secondary N) is 3. The largest absolute Gasteiger partial charge is 0.456 e. The average Bonchev–Trinajstić information content (AvgIpc) is 2.92. The number of hydrogen-bond donors (Lipinski definition) is 3. The van der Waals surface area contributed by atoms with Crippen molar-refractivity contribution >= 4 is 23.7 Å². The highest BCUT2D eigenvalue weighted by molar-refractivity contribution is 5.96. The Kier molecular flexibility index (Phi) is 9.94. The first-order chi connectivity index (χ1) is 19.8. The number of benzene rings is 2. The number of carbonyl (C=O) groups excluding carboxylic acids is 3. The topological polar surface area (TPSA) is 109 Å². The van der Waals surface area contributed by atoms with Crippen LogP contribution < -0.4 is 16.0 Å². The molecule has 2 aliphatic heterocycles. The van der Waals surface area contributed by atoms with Crippen LogP contribution >= 0.6 is 0 Å². The van der Waals surface area contributed by atoms with Crippen LogP contribution in [0.1, 0.15) is 82.6 Å². The number of alkyl carbamates (subject to hydrolysis) is 1. The zero-order valence-corrected chi connectivity index (χ0v) is 25.7. The zero-order valence-electron chi connectivity index (χ0n) is 25.7. The van der Waals surface area contributed by atoms with Gasteiger partial charge in [0.25, 0.3) is 0 Å². The molecular formula is C33H46N4O5. The van der Waals surface area contributed by atoms with Gasteiger partial charge in [-0.15, -0.1) is 0 Å². The van der Waals surface area contributed by atoms with Gasteiger partial charge in [-0.25, -0.2) is 9.59 Å². The molecule has 0 bridgehead atoms. The predicted octanol–water partition coefficient (Wildman–Crippen LogP) is 5.08. The number of hydrogen-bond acceptors (Lipinski definition) is 7. The Morgan fingerprint density at radius 3 is 2.07 bits per heavy atom. The molecule has 4 rings (SSSR count). The summed E-state index contributed by atoms with van der Waals surface area (Å²) < 4.78 is 10.9. The number of nitrogens with zero attached hydrogens (tertiary/aromatic N) is 1. The standard InChI is InChI=1S/C33H46N4O5/c1-32(2,3)41-30(39)23-12-14-24(15-13-23)35-29(38)28-27(22-10-8-7-9-11-22)20-26(21-34-28)37-18-16-25(17-19-37)36-31(40)42-33(4,5)6/h7-15,25-28,34H,16-21H2,1-6H3,(H,35,38)(H,36,40)/t26-,27-,28-/m0/s1. The number of carbonyl (C=O) groups is 3. The van der Waals surface area contributed by atoms with Crippen molar-refractivity contribution < 1.29 is 23.9 Å². The number of rotatable bonds is 6. The van der Waals surface area contributed by atoms with Crippen LogP contribution in [0.2, 0.25) is 0 Å². The maximum absolute atomic E-state index is 13.6. The summed E-state index contributed by atoms with van der Waals surface area (Å²) in [6.07, 6.45) is 2.19. The van der Waals surface area contributed by atoms with Gasteiger partial charge in [0, 0.05) is 43.3 Å². The minimum absolute atomic E-state index is 0.0106. The van der Waals surface area contributed by atoms with Crippen LogP contribution in [0.25, 0.3) is 0 Å². The molecule has 2 aliphatic rings. The molecule has 9 heteroatoms. The second kappa shape index (κ2) is 13.3. The Balaban J connectivity index is 1.37. The van der Waals surface area contributed by atoms with E-state index in [4.69, 9.17) is 9.47 Å². The van der Waals surface area contributed by atoms with E-state index in [-0.39, 0.29) is 30.0 Å². The first-order valence-electron chi connectivity index (χ1n) is 14.9. The second-order valence-corrected chi connectivity index (χ2v) is 13.3. The monoisotopic (exact) mass is 578 g/mol. The molecule has 2 heterocycles. The van der Waals surface area contributed by atoms with Gasteiger partial charge in [0.2, 0.25) is 5.91 Å². The first-order valence-corrected chi connectivity index (χ1v) is 14.9. The van der Waals surface area contributed by atoms with Crippen LogP contribution in [0.5, 0.6) is 0 Å². The lowest BCUT2D eigenvalue weighted by atomic mass is 9.81. The molecule has 0 saturated carbocycles. The van der Waals surface area contributed by atoms with E-state index in [1.807, 2.05) is 59.7 Å². The summed E-state index contributed by atoms with van der Waals surface area (Å²) in [7, 11) is 0. The maximum Gasteiger partial charge on any atom is 0.407 e. The molecular weight excluding hydrogens is 532 g/mol. The molecule has 2 aromatic rings. The highest BCUT2D eigenvalue weighted by Crippen LogP contribution is 2.32. The number of anilines is 1. The molecule has 2 saturated heterocycles. The highest BCUT2D eigenvalue weighted by Gasteiger charge is 2.38. The van der Waals surface area contributed by atoms with E-state index in [0.717, 1.165) is 37.9 Å². The average molecular weight is 579 g/mol. The van der Waals surface area contributed by atoms with E-state index in [1.54, 1.807) is 24.3 Å². The van der Waals surface area contributed by atoms with Crippen molar-refractivity contribution in [3.63, 3.8) is 0 Å². The third-order valence-corrected chi connectivity index (χ3v) is 7.57. The SMILES string of the molecule is CC(C)(C)OC(=O)NC1CCN([C@@H]2CN[C@H](C(=O)Nc3ccc(C(=O)OC(C)(C)C)cc3)[C@H](c3ccccc3)C2)CC1. The Hall–Kier alpha value is -3.43. The minimum atomic E-state index is -0.576. The fourth-order valence-corrected chi connectivity index (χ4v) is 5.63. The number of amides is 2. The van der Waals surface area contributed by atoms with E-state index >= 15 is 0 Å². The molecule has 0 spiro atoms. The van der Waals surface area contributed by atoms with Crippen LogP contribution in [-0.4, -0.2) is 71.8 Å². The van der Waals surface area contributed by atoms with Crippen molar-refractivity contribution in [3.8, 4) is 0 Å². The maximum atomic E-state index is 13.6. The van der Waals surface area contributed by atoms with Crippen LogP contribution in [-0.2, 0) is 14.3 Å². The molecule has 3 atom stereocenters. The van der Waals surface area contributed by atoms with E-state index < -0.39 is 23.2 Å². The number of ether oxygens (including phenoxy) is 2. The summed E-state index contributed by atoms with van der Waals surface area (Å²) in [4.78, 5) is 40.6. The van der Waals surface area contributed by atoms with Crippen LogP contribution in [0.15, 0.2) is 54.6 Å². The second-order valence-electron chi connectivity index (χ2n) is 13.3. The molecule has 0 radical (unpaired) electrons. The van der Waals surface area contributed by atoms with Crippen LogP contribution in [0, 0.1) is 0 Å². The molecule has 2 fully saturated rings. The van der Waals surface area contributed by atoms with Crippen LogP contribution in [0.4, 0.5) is 10.5 Å². The van der Waals surface area contributed by atoms with Crippen molar-refractivity contribution in [2.45, 2.75) is 96.1 Å². The third-order valence-electron chi connectivity index (χ3n) is 7.57. The van der Waals surface area contributed by atoms with Crippen molar-refractivity contribution in [1.29, 1.82) is 0 Å². The van der Waals surface area contributed by atoms with Crippen molar-refractivity contribution in [3.05, 3.63) is 65.7 Å². The van der Waals surface area contributed by atoms with E-state index in [9.17, 15) is 14.4 Å². The van der Waals surface area contributed by atoms with Crippen LogP contribution in [0.3, 0.4) is 0 Å². The summed E-state index contributed by atoms with van der Waals surface area (Å²) in [5.41, 5.74) is 1.10. The Labute approximate surface area is 249 Å². The zero-order chi connectivity index (χ0) is 30.5. The van der Waals surface area contributed by atoms with Gasteiger partial charge < -0.3 is 25.4 Å². The quantitative estimate of drug-likeness (QED) is 0.410. The fraction of sp³-hybridized carbons (Fsp3) is 0.545. The smallest absolute Gasteiger partial charge is 0.407 e. The molecule has 0 aromatic heterocycles. The fourth-order valence-electron chi connectivity index (χ4n) is 5.63. The van der Waals surface area contributed by atoms with Gasteiger partial charge in [0.05, 0.1) is 11.6 Å². The van der Waals surface area contributed by atoms with Gasteiger partial charge in [0.15, 0.2) is 0 Å². The number of esters is 1. The van der Waals surface area contributed by atoms with Crippen molar-refractivity contribution in [2.75, 3.05) is 25.0 Å². The van der Waals surface area contributed by atoms with Gasteiger partial charge in [-0.1, -0.05) is 30.3 Å². The van der Waals surface area contributed by atoms with Gasteiger partial charge >= 0.3 is 12.1 Å². The number of likely N-dealkylation sites (tertiary alicyclic amines) is 1. The summed E-state index contributed by atoms with van der Waals surface area (Å²) in [6.45, 7) is 13.5. The number of piperidine rings is 2. The van der Waals surface area contributed by atoms with Crippen molar-refractivity contribution in [2.24, 2.45) is 0 Å².